The quantitative estimate of drug-likeness (QED) is 0.157. The molecule has 1 heteroatoms. The summed E-state index contributed by atoms with van der Waals surface area (Å²) in [6.45, 7) is 4.83. The molecule has 280 valence electrons. The Morgan fingerprint density at radius 2 is 0.867 bits per heavy atom. The summed E-state index contributed by atoms with van der Waals surface area (Å²) < 4.78 is 2.71. The molecule has 60 heavy (non-hydrogen) atoms. The number of hydrogen-bond acceptors (Lipinski definition) is 1. The standard InChI is InChI=1S/C59H38S/c1-59(2)53-31-27-36(32-51(53)49-28-26-37-33-55-52(34-50(37)58(49)59)42-19-11-12-25-54(42)60-55)39-29-30-48(41-18-6-5-17-40(39)41)57-46-22-9-7-20-44(46)56(45-21-8-10-23-47(45)57)43-24-13-15-35-14-3-4-16-38(35)43/h3-34H,1-2H3. The largest absolute Gasteiger partial charge is 0.135 e. The third-order valence-electron chi connectivity index (χ3n) is 13.6. The van der Waals surface area contributed by atoms with Crippen LogP contribution in [0.4, 0.5) is 0 Å². The van der Waals surface area contributed by atoms with E-state index in [-0.39, 0.29) is 5.41 Å². The van der Waals surface area contributed by atoms with Crippen LogP contribution in [0.15, 0.2) is 194 Å². The second-order valence-electron chi connectivity index (χ2n) is 17.1. The minimum atomic E-state index is -0.131. The molecule has 13 rings (SSSR count). The Bertz CT molecular complexity index is 3740. The number of thiophene rings is 1. The summed E-state index contributed by atoms with van der Waals surface area (Å²) in [4.78, 5) is 0. The van der Waals surface area contributed by atoms with Gasteiger partial charge in [-0.3, -0.25) is 0 Å². The highest BCUT2D eigenvalue weighted by Gasteiger charge is 2.37. The first kappa shape index (κ1) is 33.9. The molecular formula is C59H38S. The Morgan fingerprint density at radius 3 is 1.58 bits per heavy atom. The van der Waals surface area contributed by atoms with Gasteiger partial charge in [0.15, 0.2) is 0 Å². The van der Waals surface area contributed by atoms with Crippen molar-refractivity contribution in [3.05, 3.63) is 205 Å². The summed E-state index contributed by atoms with van der Waals surface area (Å²) in [5, 5.41) is 15.6. The molecule has 0 aliphatic heterocycles. The van der Waals surface area contributed by atoms with Gasteiger partial charge in [-0.15, -0.1) is 11.3 Å². The molecule has 0 saturated heterocycles. The molecule has 1 aliphatic rings. The van der Waals surface area contributed by atoms with E-state index in [0.717, 1.165) is 0 Å². The van der Waals surface area contributed by atoms with E-state index >= 15 is 0 Å². The van der Waals surface area contributed by atoms with Crippen molar-refractivity contribution in [1.29, 1.82) is 0 Å². The summed E-state index contributed by atoms with van der Waals surface area (Å²) >= 11 is 1.90. The third kappa shape index (κ3) is 4.67. The zero-order valence-electron chi connectivity index (χ0n) is 33.4. The van der Waals surface area contributed by atoms with Crippen molar-refractivity contribution in [1.82, 2.24) is 0 Å². The fourth-order valence-corrected chi connectivity index (χ4v) is 12.1. The van der Waals surface area contributed by atoms with E-state index in [1.165, 1.54) is 130 Å². The van der Waals surface area contributed by atoms with Gasteiger partial charge in [0, 0.05) is 25.6 Å². The SMILES string of the molecule is CC1(C)c2ccc(-c3ccc(-c4c5ccccc5c(-c5cccc6ccccc56)c5ccccc45)c4ccccc34)cc2-c2ccc3cc4sc5ccccc5c4cc3c21. The summed E-state index contributed by atoms with van der Waals surface area (Å²) in [5.74, 6) is 0. The molecule has 0 nitrogen and oxygen atoms in total. The number of benzene rings is 11. The van der Waals surface area contributed by atoms with Gasteiger partial charge in [-0.1, -0.05) is 184 Å². The minimum absolute atomic E-state index is 0.131. The van der Waals surface area contributed by atoms with Gasteiger partial charge in [0.1, 0.15) is 0 Å². The van der Waals surface area contributed by atoms with Crippen LogP contribution in [0.3, 0.4) is 0 Å². The summed E-state index contributed by atoms with van der Waals surface area (Å²) in [6.07, 6.45) is 0. The van der Waals surface area contributed by atoms with Crippen LogP contribution in [0.5, 0.6) is 0 Å². The predicted molar refractivity (Wildman–Crippen MR) is 261 cm³/mol. The lowest BCUT2D eigenvalue weighted by atomic mass is 9.79. The van der Waals surface area contributed by atoms with Crippen molar-refractivity contribution in [2.24, 2.45) is 0 Å². The molecule has 12 aromatic rings. The molecule has 11 aromatic carbocycles. The maximum atomic E-state index is 2.48. The minimum Gasteiger partial charge on any atom is -0.135 e. The summed E-state index contributed by atoms with van der Waals surface area (Å²) in [5.41, 5.74) is 13.0. The Balaban J connectivity index is 1.01. The van der Waals surface area contributed by atoms with E-state index in [1.807, 2.05) is 11.3 Å². The van der Waals surface area contributed by atoms with E-state index in [0.29, 0.717) is 0 Å². The maximum Gasteiger partial charge on any atom is 0.0361 e. The highest BCUT2D eigenvalue weighted by atomic mass is 32.1. The van der Waals surface area contributed by atoms with Crippen molar-refractivity contribution in [2.45, 2.75) is 19.3 Å². The van der Waals surface area contributed by atoms with Gasteiger partial charge in [-0.25, -0.2) is 0 Å². The zero-order chi connectivity index (χ0) is 39.7. The van der Waals surface area contributed by atoms with Crippen LogP contribution in [-0.4, -0.2) is 0 Å². The lowest BCUT2D eigenvalue weighted by molar-refractivity contribution is 0.666. The van der Waals surface area contributed by atoms with Gasteiger partial charge in [0.25, 0.3) is 0 Å². The molecule has 0 fully saturated rings. The molecule has 0 radical (unpaired) electrons. The van der Waals surface area contributed by atoms with Crippen LogP contribution in [0.25, 0.3) is 119 Å². The van der Waals surface area contributed by atoms with Gasteiger partial charge in [0.05, 0.1) is 0 Å². The summed E-state index contributed by atoms with van der Waals surface area (Å²) in [6, 6.07) is 73.0. The van der Waals surface area contributed by atoms with E-state index in [9.17, 15) is 0 Å². The van der Waals surface area contributed by atoms with Crippen LogP contribution < -0.4 is 0 Å². The fraction of sp³-hybridized carbons (Fsp3) is 0.0508. The van der Waals surface area contributed by atoms with Crippen molar-refractivity contribution in [3.63, 3.8) is 0 Å². The first-order valence-electron chi connectivity index (χ1n) is 21.0. The van der Waals surface area contributed by atoms with Crippen molar-refractivity contribution in [2.75, 3.05) is 0 Å². The van der Waals surface area contributed by atoms with Crippen LogP contribution in [0.1, 0.15) is 25.0 Å². The first-order chi connectivity index (χ1) is 29.5. The Hall–Kier alpha value is -7.06. The number of rotatable bonds is 3. The highest BCUT2D eigenvalue weighted by molar-refractivity contribution is 7.25. The Labute approximate surface area is 352 Å². The van der Waals surface area contributed by atoms with Gasteiger partial charge in [-0.05, 0) is 134 Å². The smallest absolute Gasteiger partial charge is 0.0361 e. The molecule has 0 amide bonds. The number of hydrogen-bond donors (Lipinski definition) is 0. The molecular weight excluding hydrogens is 741 g/mol. The third-order valence-corrected chi connectivity index (χ3v) is 14.8. The van der Waals surface area contributed by atoms with Gasteiger partial charge >= 0.3 is 0 Å². The van der Waals surface area contributed by atoms with E-state index in [2.05, 4.69) is 208 Å². The zero-order valence-corrected chi connectivity index (χ0v) is 34.2. The van der Waals surface area contributed by atoms with Crippen molar-refractivity contribution < 1.29 is 0 Å². The predicted octanol–water partition coefficient (Wildman–Crippen LogP) is 17.1. The van der Waals surface area contributed by atoms with Gasteiger partial charge < -0.3 is 0 Å². The van der Waals surface area contributed by atoms with Crippen molar-refractivity contribution in [3.8, 4) is 44.5 Å². The Morgan fingerprint density at radius 1 is 0.317 bits per heavy atom. The van der Waals surface area contributed by atoms with Crippen LogP contribution in [0, 0.1) is 0 Å². The molecule has 1 aromatic heterocycles. The highest BCUT2D eigenvalue weighted by Crippen LogP contribution is 2.54. The monoisotopic (exact) mass is 778 g/mol. The lowest BCUT2D eigenvalue weighted by Crippen LogP contribution is -2.15. The molecule has 1 heterocycles. The average Bonchev–Trinajstić information content (AvgIpc) is 3.77. The van der Waals surface area contributed by atoms with Crippen molar-refractivity contribution >= 4 is 85.4 Å². The van der Waals surface area contributed by atoms with Crippen LogP contribution in [0.2, 0.25) is 0 Å². The molecule has 0 N–H and O–H groups in total. The van der Waals surface area contributed by atoms with Gasteiger partial charge in [-0.2, -0.15) is 0 Å². The molecule has 0 spiro atoms. The lowest BCUT2D eigenvalue weighted by Gasteiger charge is -2.23. The molecule has 0 unspecified atom stereocenters. The second kappa shape index (κ2) is 12.5. The topological polar surface area (TPSA) is 0 Å². The fourth-order valence-electron chi connectivity index (χ4n) is 11.0. The van der Waals surface area contributed by atoms with E-state index in [1.54, 1.807) is 0 Å². The van der Waals surface area contributed by atoms with Crippen LogP contribution in [-0.2, 0) is 5.41 Å². The second-order valence-corrected chi connectivity index (χ2v) is 18.2. The van der Waals surface area contributed by atoms with E-state index < -0.39 is 0 Å². The van der Waals surface area contributed by atoms with Crippen LogP contribution >= 0.6 is 11.3 Å². The van der Waals surface area contributed by atoms with E-state index in [4.69, 9.17) is 0 Å². The molecule has 0 atom stereocenters. The average molecular weight is 779 g/mol. The summed E-state index contributed by atoms with van der Waals surface area (Å²) in [7, 11) is 0. The first-order valence-corrected chi connectivity index (χ1v) is 21.8. The molecule has 0 bridgehead atoms. The normalized spacial score (nSPS) is 13.3. The Kier molecular flexibility index (Phi) is 7.04. The molecule has 1 aliphatic carbocycles. The van der Waals surface area contributed by atoms with Gasteiger partial charge in [0.2, 0.25) is 0 Å². The maximum absolute atomic E-state index is 2.48. The molecule has 0 saturated carbocycles. The number of fused-ring (bicyclic) bond motifs is 12.